The molecule has 0 fully saturated rings. The summed E-state index contributed by atoms with van der Waals surface area (Å²) in [6.45, 7) is 8.52. The van der Waals surface area contributed by atoms with Gasteiger partial charge in [-0.2, -0.15) is 0 Å². The Balaban J connectivity index is 0.000000238. The number of primary amides is 1. The van der Waals surface area contributed by atoms with Gasteiger partial charge in [-0.15, -0.1) is 0 Å². The molecule has 0 saturated heterocycles. The molecule has 1 unspecified atom stereocenters. The maximum absolute atomic E-state index is 10.6. The fourth-order valence-electron chi connectivity index (χ4n) is 4.70. The Bertz CT molecular complexity index is 1260. The number of nitrogens with zero attached hydrogens (tertiary/aromatic N) is 1. The fraction of sp³-hybridized carbons (Fsp3) is 0.452. The van der Waals surface area contributed by atoms with E-state index in [2.05, 4.69) is 54.4 Å². The topological polar surface area (TPSA) is 83.8 Å². The molecule has 1 atom stereocenters. The van der Waals surface area contributed by atoms with Gasteiger partial charge in [0.1, 0.15) is 0 Å². The van der Waals surface area contributed by atoms with Gasteiger partial charge >= 0.3 is 0 Å². The lowest BCUT2D eigenvalue weighted by Gasteiger charge is -2.23. The molecule has 1 amide bonds. The van der Waals surface area contributed by atoms with Crippen LogP contribution in [0.4, 0.5) is 5.69 Å². The van der Waals surface area contributed by atoms with Crippen LogP contribution in [0.2, 0.25) is 0 Å². The maximum Gasteiger partial charge on any atom is 0.217 e. The van der Waals surface area contributed by atoms with Gasteiger partial charge in [-0.25, -0.2) is 0 Å². The van der Waals surface area contributed by atoms with Crippen LogP contribution in [0.3, 0.4) is 0 Å². The van der Waals surface area contributed by atoms with Gasteiger partial charge in [-0.1, -0.05) is 63.3 Å². The molecule has 4 N–H and O–H groups in total. The summed E-state index contributed by atoms with van der Waals surface area (Å²) in [6.07, 6.45) is 16.2. The average molecular weight is 521 g/mol. The highest BCUT2D eigenvalue weighted by atomic mass is 32.1. The minimum Gasteiger partial charge on any atom is -0.382 e. The van der Waals surface area contributed by atoms with E-state index < -0.39 is 0 Å². The molecule has 1 aromatic carbocycles. The van der Waals surface area contributed by atoms with Gasteiger partial charge in [0, 0.05) is 46.2 Å². The number of rotatable bonds is 6. The van der Waals surface area contributed by atoms with Crippen molar-refractivity contribution in [2.24, 2.45) is 5.73 Å². The Hall–Kier alpha value is -2.99. The van der Waals surface area contributed by atoms with Crippen molar-refractivity contribution in [1.29, 1.82) is 0 Å². The largest absolute Gasteiger partial charge is 0.382 e. The second-order valence-electron chi connectivity index (χ2n) is 9.18. The van der Waals surface area contributed by atoms with Crippen molar-refractivity contribution in [2.75, 3.05) is 5.32 Å². The number of aryl methyl sites for hydroxylation is 2. The monoisotopic (exact) mass is 520 g/mol. The highest BCUT2D eigenvalue weighted by Gasteiger charge is 2.18. The molecule has 5 nitrogen and oxygen atoms in total. The van der Waals surface area contributed by atoms with Crippen molar-refractivity contribution in [2.45, 2.75) is 91.5 Å². The van der Waals surface area contributed by atoms with Crippen LogP contribution in [0.1, 0.15) is 83.0 Å². The molecule has 0 aliphatic heterocycles. The number of nitrogens with one attached hydrogen (secondary N) is 2. The minimum atomic E-state index is -0.254. The van der Waals surface area contributed by atoms with E-state index >= 15 is 0 Å². The molecule has 0 bridgehead atoms. The van der Waals surface area contributed by atoms with Gasteiger partial charge in [0.2, 0.25) is 5.91 Å². The van der Waals surface area contributed by atoms with E-state index in [0.29, 0.717) is 18.9 Å². The molecule has 37 heavy (non-hydrogen) atoms. The third kappa shape index (κ3) is 8.26. The lowest BCUT2D eigenvalue weighted by Crippen LogP contribution is -2.37. The number of thiocarbonyl (C=S) groups is 1. The predicted molar refractivity (Wildman–Crippen MR) is 164 cm³/mol. The Kier molecular flexibility index (Phi) is 13.1. The van der Waals surface area contributed by atoms with Crippen molar-refractivity contribution in [1.82, 2.24) is 9.97 Å². The van der Waals surface area contributed by atoms with Crippen LogP contribution < -0.4 is 21.6 Å². The molecule has 200 valence electrons. The summed E-state index contributed by atoms with van der Waals surface area (Å²) in [5, 5.41) is 7.52. The molecule has 0 saturated carbocycles. The zero-order valence-corrected chi connectivity index (χ0v) is 23.8. The Morgan fingerprint density at radius 2 is 1.86 bits per heavy atom. The van der Waals surface area contributed by atoms with Crippen LogP contribution in [0.15, 0.2) is 30.5 Å². The van der Waals surface area contributed by atoms with Crippen LogP contribution in [0, 0.1) is 0 Å². The third-order valence-corrected chi connectivity index (χ3v) is 6.71. The van der Waals surface area contributed by atoms with Gasteiger partial charge in [0.15, 0.2) is 0 Å². The SMILES string of the molecule is C=S.CC.CCC(C)Nc1c2c(nc3c1=CCCC=3)CCCC2.NC(=O)CCc1c[nH]c2ccccc12. The van der Waals surface area contributed by atoms with E-state index in [9.17, 15) is 4.79 Å². The second-order valence-corrected chi connectivity index (χ2v) is 9.18. The van der Waals surface area contributed by atoms with Gasteiger partial charge in [-0.05, 0) is 81.4 Å². The van der Waals surface area contributed by atoms with E-state index in [1.807, 2.05) is 44.3 Å². The van der Waals surface area contributed by atoms with Crippen LogP contribution >= 0.6 is 12.2 Å². The van der Waals surface area contributed by atoms with E-state index in [0.717, 1.165) is 36.8 Å². The smallest absolute Gasteiger partial charge is 0.217 e. The molecule has 3 aromatic rings. The molecule has 2 heterocycles. The summed E-state index contributed by atoms with van der Waals surface area (Å²) >= 11 is 3.83. The molecular formula is C31H44N4OS. The van der Waals surface area contributed by atoms with Gasteiger partial charge in [-0.3, -0.25) is 9.78 Å². The number of hydrogen-bond acceptors (Lipinski definition) is 4. The van der Waals surface area contributed by atoms with Crippen molar-refractivity contribution in [3.63, 3.8) is 0 Å². The summed E-state index contributed by atoms with van der Waals surface area (Å²) in [5.41, 5.74) is 11.6. The van der Waals surface area contributed by atoms with Crippen LogP contribution in [-0.4, -0.2) is 27.8 Å². The van der Waals surface area contributed by atoms with Crippen molar-refractivity contribution in [3.05, 3.63) is 57.9 Å². The van der Waals surface area contributed by atoms with E-state index in [-0.39, 0.29) is 5.91 Å². The Morgan fingerprint density at radius 1 is 1.16 bits per heavy atom. The number of benzene rings is 1. The lowest BCUT2D eigenvalue weighted by molar-refractivity contribution is -0.117. The van der Waals surface area contributed by atoms with Gasteiger partial charge < -0.3 is 16.0 Å². The first-order chi connectivity index (χ1) is 18.1. The number of hydrogen-bond donors (Lipinski definition) is 3. The first-order valence-electron chi connectivity index (χ1n) is 13.7. The standard InChI is InChI=1S/C17H24N2.C11H12N2O.C2H6.CH2S/c1-3-12(2)18-17-13-8-4-6-10-15(13)19-16-11-7-5-9-14(16)17;12-11(14)6-5-8-7-13-10-4-2-1-3-9(8)10;2*1-2/h8,10,12,18H,3-7,9,11H2,1-2H3;1-4,7,13H,5-6H2,(H2,12,14);1-2H3;1H2. The highest BCUT2D eigenvalue weighted by Crippen LogP contribution is 2.24. The molecule has 2 aliphatic carbocycles. The van der Waals surface area contributed by atoms with Crippen molar-refractivity contribution < 1.29 is 4.79 Å². The molecule has 0 radical (unpaired) electrons. The summed E-state index contributed by atoms with van der Waals surface area (Å²) < 4.78 is 0. The number of aromatic nitrogens is 2. The molecule has 6 heteroatoms. The maximum atomic E-state index is 10.6. The number of amides is 1. The zero-order valence-electron chi connectivity index (χ0n) is 23.0. The summed E-state index contributed by atoms with van der Waals surface area (Å²) in [6, 6.07) is 8.57. The molecule has 2 aliphatic rings. The van der Waals surface area contributed by atoms with Crippen LogP contribution in [0.25, 0.3) is 23.1 Å². The van der Waals surface area contributed by atoms with Crippen LogP contribution in [-0.2, 0) is 24.1 Å². The van der Waals surface area contributed by atoms with Crippen molar-refractivity contribution >= 4 is 52.7 Å². The lowest BCUT2D eigenvalue weighted by atomic mass is 9.92. The van der Waals surface area contributed by atoms with Crippen LogP contribution in [0.5, 0.6) is 0 Å². The van der Waals surface area contributed by atoms with Gasteiger partial charge in [0.25, 0.3) is 0 Å². The number of carbonyl (C=O) groups excluding carboxylic acids is 1. The molecule has 2 aromatic heterocycles. The second kappa shape index (κ2) is 16.0. The molecule has 0 spiro atoms. The summed E-state index contributed by atoms with van der Waals surface area (Å²) in [4.78, 5) is 18.7. The van der Waals surface area contributed by atoms with E-state index in [4.69, 9.17) is 10.7 Å². The molecular weight excluding hydrogens is 476 g/mol. The predicted octanol–water partition coefficient (Wildman–Crippen LogP) is 5.75. The average Bonchev–Trinajstić information content (AvgIpc) is 3.37. The molecule has 5 rings (SSSR count). The number of pyridine rings is 1. The summed E-state index contributed by atoms with van der Waals surface area (Å²) in [5.74, 6) is 2.58. The fourth-order valence-corrected chi connectivity index (χ4v) is 4.70. The minimum absolute atomic E-state index is 0.254. The third-order valence-electron chi connectivity index (χ3n) is 6.71. The first-order valence-corrected chi connectivity index (χ1v) is 14.3. The summed E-state index contributed by atoms with van der Waals surface area (Å²) in [7, 11) is 0. The van der Waals surface area contributed by atoms with E-state index in [1.165, 1.54) is 52.2 Å². The van der Waals surface area contributed by atoms with Crippen molar-refractivity contribution in [3.8, 4) is 0 Å². The van der Waals surface area contributed by atoms with E-state index in [1.54, 1.807) is 0 Å². The quantitative estimate of drug-likeness (QED) is 0.361. The number of nitrogens with two attached hydrogens (primary N) is 1. The van der Waals surface area contributed by atoms with Gasteiger partial charge in [0.05, 0.1) is 5.35 Å². The zero-order chi connectivity index (χ0) is 27.2. The Morgan fingerprint density at radius 3 is 2.59 bits per heavy atom. The Labute approximate surface area is 227 Å². The normalized spacial score (nSPS) is 13.8. The highest BCUT2D eigenvalue weighted by molar-refractivity contribution is 7.77. The number of para-hydroxylation sites is 1. The number of anilines is 1. The number of H-pyrrole nitrogens is 1. The number of carbonyl (C=O) groups is 1. The first kappa shape index (κ1) is 30.2. The number of fused-ring (bicyclic) bond motifs is 3. The number of aromatic amines is 1.